The van der Waals surface area contributed by atoms with Gasteiger partial charge in [-0.3, -0.25) is 4.79 Å². The van der Waals surface area contributed by atoms with E-state index in [1.807, 2.05) is 24.3 Å². The summed E-state index contributed by atoms with van der Waals surface area (Å²) in [5.74, 6) is -0.757. The largest absolute Gasteiger partial charge is 0.481 e. The lowest BCUT2D eigenvalue weighted by atomic mass is 10.1. The van der Waals surface area contributed by atoms with Gasteiger partial charge >= 0.3 is 5.97 Å². The summed E-state index contributed by atoms with van der Waals surface area (Å²) in [5, 5.41) is 9.84. The number of carbonyl (C=O) groups is 1. The van der Waals surface area contributed by atoms with E-state index >= 15 is 0 Å². The molecule has 3 rings (SSSR count). The molecule has 0 fully saturated rings. The van der Waals surface area contributed by atoms with Crippen molar-refractivity contribution in [2.75, 3.05) is 0 Å². The molecule has 6 heteroatoms. The first-order valence-electron chi connectivity index (χ1n) is 7.15. The van der Waals surface area contributed by atoms with E-state index in [4.69, 9.17) is 10.1 Å². The number of aliphatic carboxylic acids is 1. The van der Waals surface area contributed by atoms with Crippen LogP contribution in [0, 0.1) is 0 Å². The van der Waals surface area contributed by atoms with Crippen molar-refractivity contribution in [1.82, 2.24) is 4.98 Å². The lowest BCUT2D eigenvalue weighted by molar-refractivity contribution is -0.137. The summed E-state index contributed by atoms with van der Waals surface area (Å²) in [7, 11) is 0. The smallest absolute Gasteiger partial charge is 0.303 e. The van der Waals surface area contributed by atoms with Crippen LogP contribution in [0.1, 0.15) is 29.1 Å². The molecule has 1 N–H and O–H groups in total. The average molecular weight is 408 g/mol. The maximum atomic E-state index is 10.8. The molecule has 0 spiro atoms. The average Bonchev–Trinajstić information content (AvgIpc) is 3.11. The molecule has 3 nitrogen and oxygen atoms in total. The number of halogens is 1. The molecule has 0 unspecified atom stereocenters. The Morgan fingerprint density at radius 2 is 2.00 bits per heavy atom. The van der Waals surface area contributed by atoms with Crippen molar-refractivity contribution >= 4 is 66.4 Å². The number of nitrogens with zero attached hydrogens (tertiary/aromatic N) is 1. The number of fused-ring (bicyclic) bond motifs is 1. The van der Waals surface area contributed by atoms with Crippen molar-refractivity contribution in [3.8, 4) is 0 Å². The molecule has 0 bridgehead atoms. The Morgan fingerprint density at radius 1 is 1.17 bits per heavy atom. The summed E-state index contributed by atoms with van der Waals surface area (Å²) in [6, 6.07) is 12.1. The van der Waals surface area contributed by atoms with Crippen molar-refractivity contribution in [3.63, 3.8) is 0 Å². The maximum absolute atomic E-state index is 10.8. The zero-order valence-electron chi connectivity index (χ0n) is 12.2. The Balaban J connectivity index is 1.93. The highest BCUT2D eigenvalue weighted by molar-refractivity contribution is 9.11. The monoisotopic (exact) mass is 407 g/mol. The topological polar surface area (TPSA) is 50.2 Å². The van der Waals surface area contributed by atoms with Crippen molar-refractivity contribution in [2.45, 2.75) is 19.3 Å². The number of benzene rings is 1. The second-order valence-electron chi connectivity index (χ2n) is 5.05. The normalized spacial score (nSPS) is 12.0. The van der Waals surface area contributed by atoms with Gasteiger partial charge in [-0.25, -0.2) is 4.98 Å². The molecule has 2 aromatic heterocycles. The molecule has 1 aromatic carbocycles. The quantitative estimate of drug-likeness (QED) is 0.551. The van der Waals surface area contributed by atoms with Gasteiger partial charge in [0.1, 0.15) is 5.01 Å². The molecule has 118 valence electrons. The number of allylic oxidation sites excluding steroid dienone is 1. The highest BCUT2D eigenvalue weighted by Crippen LogP contribution is 2.33. The molecule has 0 aliphatic carbocycles. The summed E-state index contributed by atoms with van der Waals surface area (Å²) < 4.78 is 2.23. The van der Waals surface area contributed by atoms with Gasteiger partial charge in [0, 0.05) is 11.3 Å². The van der Waals surface area contributed by atoms with Gasteiger partial charge in [0.15, 0.2) is 0 Å². The lowest BCUT2D eigenvalue weighted by Crippen LogP contribution is -1.94. The minimum absolute atomic E-state index is 0.177. The van der Waals surface area contributed by atoms with E-state index in [0.29, 0.717) is 12.8 Å². The molecule has 0 atom stereocenters. The van der Waals surface area contributed by atoms with Gasteiger partial charge in [0.05, 0.1) is 14.0 Å². The van der Waals surface area contributed by atoms with E-state index in [1.54, 1.807) is 22.7 Å². The molecular formula is C17H14BrNO2S2. The third kappa shape index (κ3) is 4.28. The number of hydrogen-bond acceptors (Lipinski definition) is 4. The van der Waals surface area contributed by atoms with Crippen LogP contribution in [0.15, 0.2) is 40.2 Å². The van der Waals surface area contributed by atoms with E-state index in [0.717, 1.165) is 29.5 Å². The summed E-state index contributed by atoms with van der Waals surface area (Å²) >= 11 is 6.79. The molecule has 0 amide bonds. The molecule has 23 heavy (non-hydrogen) atoms. The standard InChI is InChI=1S/C17H14BrNO2S2/c18-15-9-8-12(22-15)10-11(4-3-7-16(20)21)17-19-13-5-1-2-6-14(13)23-17/h1-2,5-6,8-10H,3-4,7H2,(H,20,21)/b11-10+. The first-order valence-corrected chi connectivity index (χ1v) is 9.58. The van der Waals surface area contributed by atoms with E-state index in [9.17, 15) is 4.79 Å². The van der Waals surface area contributed by atoms with Crippen molar-refractivity contribution in [3.05, 3.63) is 50.1 Å². The summed E-state index contributed by atoms with van der Waals surface area (Å²) in [5.41, 5.74) is 2.09. The molecule has 0 saturated heterocycles. The highest BCUT2D eigenvalue weighted by Gasteiger charge is 2.10. The third-order valence-corrected chi connectivity index (χ3v) is 6.00. The molecule has 0 aliphatic heterocycles. The van der Waals surface area contributed by atoms with Crippen LogP contribution in [-0.2, 0) is 4.79 Å². The Kier molecular flexibility index (Phi) is 5.25. The Hall–Kier alpha value is -1.50. The second-order valence-corrected chi connectivity index (χ2v) is 8.57. The fourth-order valence-electron chi connectivity index (χ4n) is 2.26. The maximum Gasteiger partial charge on any atom is 0.303 e. The molecule has 0 saturated carbocycles. The van der Waals surface area contributed by atoms with Crippen LogP contribution in [0.2, 0.25) is 0 Å². The highest BCUT2D eigenvalue weighted by atomic mass is 79.9. The molecule has 0 radical (unpaired) electrons. The fourth-order valence-corrected chi connectivity index (χ4v) is 4.66. The number of thiazole rings is 1. The van der Waals surface area contributed by atoms with Gasteiger partial charge < -0.3 is 5.11 Å². The number of rotatable bonds is 6. The van der Waals surface area contributed by atoms with Crippen LogP contribution in [0.5, 0.6) is 0 Å². The van der Waals surface area contributed by atoms with E-state index in [-0.39, 0.29) is 6.42 Å². The van der Waals surface area contributed by atoms with Gasteiger partial charge in [-0.1, -0.05) is 12.1 Å². The van der Waals surface area contributed by atoms with Gasteiger partial charge in [0.25, 0.3) is 0 Å². The minimum Gasteiger partial charge on any atom is -0.481 e. The Morgan fingerprint density at radius 3 is 2.70 bits per heavy atom. The van der Waals surface area contributed by atoms with Crippen LogP contribution in [0.3, 0.4) is 0 Å². The van der Waals surface area contributed by atoms with Gasteiger partial charge in [-0.2, -0.15) is 0 Å². The third-order valence-electron chi connectivity index (χ3n) is 3.32. The van der Waals surface area contributed by atoms with Crippen molar-refractivity contribution in [2.24, 2.45) is 0 Å². The van der Waals surface area contributed by atoms with Gasteiger partial charge in [0.2, 0.25) is 0 Å². The van der Waals surface area contributed by atoms with Crippen LogP contribution in [0.4, 0.5) is 0 Å². The predicted molar refractivity (Wildman–Crippen MR) is 101 cm³/mol. The number of carboxylic acid groups (broad SMARTS) is 1. The van der Waals surface area contributed by atoms with E-state index in [1.165, 1.54) is 0 Å². The second kappa shape index (κ2) is 7.38. The summed E-state index contributed by atoms with van der Waals surface area (Å²) in [6.07, 6.45) is 3.62. The number of para-hydroxylation sites is 1. The molecule has 0 aliphatic rings. The summed E-state index contributed by atoms with van der Waals surface area (Å²) in [4.78, 5) is 16.6. The zero-order chi connectivity index (χ0) is 16.2. The predicted octanol–water partition coefficient (Wildman–Crippen LogP) is 5.92. The number of carboxylic acids is 1. The zero-order valence-corrected chi connectivity index (χ0v) is 15.4. The SMILES string of the molecule is O=C(O)CCC/C(=C\c1ccc(Br)s1)c1nc2ccccc2s1. The number of thiophene rings is 1. The van der Waals surface area contributed by atoms with Crippen molar-refractivity contribution in [1.29, 1.82) is 0 Å². The van der Waals surface area contributed by atoms with Gasteiger partial charge in [-0.15, -0.1) is 22.7 Å². The van der Waals surface area contributed by atoms with Crippen LogP contribution >= 0.6 is 38.6 Å². The van der Waals surface area contributed by atoms with Crippen LogP contribution < -0.4 is 0 Å². The first-order chi connectivity index (χ1) is 11.1. The van der Waals surface area contributed by atoms with E-state index in [2.05, 4.69) is 34.1 Å². The molecule has 2 heterocycles. The molecule has 3 aromatic rings. The first kappa shape index (κ1) is 16.4. The minimum atomic E-state index is -0.757. The number of aromatic nitrogens is 1. The fraction of sp³-hybridized carbons (Fsp3) is 0.176. The van der Waals surface area contributed by atoms with Crippen molar-refractivity contribution < 1.29 is 9.90 Å². The Bertz CT molecular complexity index is 833. The summed E-state index contributed by atoms with van der Waals surface area (Å²) in [6.45, 7) is 0. The van der Waals surface area contributed by atoms with E-state index < -0.39 is 5.97 Å². The molecular weight excluding hydrogens is 394 g/mol. The number of hydrogen-bond donors (Lipinski definition) is 1. The van der Waals surface area contributed by atoms with Gasteiger partial charge in [-0.05, 0) is 64.7 Å². The van der Waals surface area contributed by atoms with Crippen LogP contribution in [-0.4, -0.2) is 16.1 Å². The van der Waals surface area contributed by atoms with Crippen LogP contribution in [0.25, 0.3) is 21.9 Å². The lowest BCUT2D eigenvalue weighted by Gasteiger charge is -2.03. The Labute approximate surface area is 150 Å².